The highest BCUT2D eigenvalue weighted by atomic mass is 32.1. The summed E-state index contributed by atoms with van der Waals surface area (Å²) in [4.78, 5) is 29.6. The van der Waals surface area contributed by atoms with Crippen molar-refractivity contribution in [1.29, 1.82) is 0 Å². The van der Waals surface area contributed by atoms with Crippen LogP contribution >= 0.6 is 11.3 Å². The van der Waals surface area contributed by atoms with Gasteiger partial charge in [-0.1, -0.05) is 78.9 Å². The first kappa shape index (κ1) is 23.4. The number of carbonyl (C=O) groups excluding carboxylic acids is 2. The van der Waals surface area contributed by atoms with Crippen molar-refractivity contribution < 1.29 is 14.0 Å². The third kappa shape index (κ3) is 6.17. The Bertz CT molecular complexity index is 1200. The quantitative estimate of drug-likeness (QED) is 0.349. The second-order valence-corrected chi connectivity index (χ2v) is 8.95. The van der Waals surface area contributed by atoms with Gasteiger partial charge >= 0.3 is 0 Å². The first-order chi connectivity index (χ1) is 16.6. The molecule has 172 valence electrons. The van der Waals surface area contributed by atoms with Crippen LogP contribution in [0.15, 0.2) is 102 Å². The number of hydrogen-bond acceptors (Lipinski definition) is 3. The van der Waals surface area contributed by atoms with Crippen molar-refractivity contribution in [2.24, 2.45) is 0 Å². The Morgan fingerprint density at radius 2 is 1.50 bits per heavy atom. The minimum atomic E-state index is -0.831. The fourth-order valence-electron chi connectivity index (χ4n) is 3.76. The summed E-state index contributed by atoms with van der Waals surface area (Å²) in [7, 11) is 0. The molecule has 1 heterocycles. The summed E-state index contributed by atoms with van der Waals surface area (Å²) in [6, 6.07) is 27.9. The molecule has 0 fully saturated rings. The average molecular weight is 473 g/mol. The minimum Gasteiger partial charge on any atom is -0.350 e. The number of hydrogen-bond donors (Lipinski definition) is 1. The van der Waals surface area contributed by atoms with E-state index in [9.17, 15) is 14.0 Å². The van der Waals surface area contributed by atoms with Crippen LogP contribution in [0.25, 0.3) is 0 Å². The van der Waals surface area contributed by atoms with E-state index >= 15 is 0 Å². The van der Waals surface area contributed by atoms with Crippen LogP contribution in [0, 0.1) is 5.82 Å². The van der Waals surface area contributed by atoms with Crippen molar-refractivity contribution in [2.75, 3.05) is 0 Å². The normalized spacial score (nSPS) is 11.6. The van der Waals surface area contributed by atoms with Gasteiger partial charge in [0.05, 0.1) is 6.42 Å². The Labute approximate surface area is 202 Å². The lowest BCUT2D eigenvalue weighted by molar-refractivity contribution is -0.141. The maximum atomic E-state index is 13.6. The zero-order valence-electron chi connectivity index (χ0n) is 18.6. The number of thiophene rings is 1. The van der Waals surface area contributed by atoms with Crippen molar-refractivity contribution >= 4 is 23.2 Å². The van der Waals surface area contributed by atoms with E-state index in [-0.39, 0.29) is 30.6 Å². The highest BCUT2D eigenvalue weighted by molar-refractivity contribution is 7.10. The smallest absolute Gasteiger partial charge is 0.247 e. The standard InChI is InChI=1S/C28H25FN2O2S/c29-24-15-13-22(14-16-24)20-31(26(32)18-25-12-7-17-34-25)27(23-10-5-2-6-11-23)28(33)30-19-21-8-3-1-4-9-21/h1-17,27H,18-20H2,(H,30,33)/t27-/m0/s1. The summed E-state index contributed by atoms with van der Waals surface area (Å²) in [5.74, 6) is -0.785. The van der Waals surface area contributed by atoms with E-state index in [1.54, 1.807) is 17.0 Å². The lowest BCUT2D eigenvalue weighted by Crippen LogP contribution is -2.43. The summed E-state index contributed by atoms with van der Waals surface area (Å²) in [6.45, 7) is 0.537. The Hall–Kier alpha value is -3.77. The lowest BCUT2D eigenvalue weighted by Gasteiger charge is -2.31. The summed E-state index contributed by atoms with van der Waals surface area (Å²) in [5, 5.41) is 4.92. The van der Waals surface area contributed by atoms with Crippen LogP contribution in [-0.4, -0.2) is 16.7 Å². The summed E-state index contributed by atoms with van der Waals surface area (Å²) in [5.41, 5.74) is 2.44. The first-order valence-corrected chi connectivity index (χ1v) is 11.9. The fraction of sp³-hybridized carbons (Fsp3) is 0.143. The Balaban J connectivity index is 1.66. The molecule has 4 rings (SSSR count). The van der Waals surface area contributed by atoms with Crippen LogP contribution < -0.4 is 5.32 Å². The molecule has 0 spiro atoms. The molecule has 3 aromatic carbocycles. The topological polar surface area (TPSA) is 49.4 Å². The van der Waals surface area contributed by atoms with Crippen molar-refractivity contribution in [1.82, 2.24) is 10.2 Å². The number of halogens is 1. The van der Waals surface area contributed by atoms with Gasteiger partial charge in [-0.15, -0.1) is 11.3 Å². The summed E-state index contributed by atoms with van der Waals surface area (Å²) >= 11 is 1.50. The number of carbonyl (C=O) groups is 2. The lowest BCUT2D eigenvalue weighted by atomic mass is 10.0. The average Bonchev–Trinajstić information content (AvgIpc) is 3.38. The maximum absolute atomic E-state index is 13.6. The van der Waals surface area contributed by atoms with Gasteiger partial charge in [0.25, 0.3) is 0 Å². The molecule has 4 nitrogen and oxygen atoms in total. The number of benzene rings is 3. The third-order valence-electron chi connectivity index (χ3n) is 5.48. The van der Waals surface area contributed by atoms with Crippen LogP contribution in [0.3, 0.4) is 0 Å². The van der Waals surface area contributed by atoms with Gasteiger partial charge in [0.1, 0.15) is 11.9 Å². The molecule has 6 heteroatoms. The van der Waals surface area contributed by atoms with E-state index in [0.717, 1.165) is 21.6 Å². The second kappa shape index (κ2) is 11.4. The van der Waals surface area contributed by atoms with Crippen molar-refractivity contribution in [3.63, 3.8) is 0 Å². The van der Waals surface area contributed by atoms with Gasteiger partial charge in [-0.25, -0.2) is 4.39 Å². The van der Waals surface area contributed by atoms with Crippen LogP contribution in [0.1, 0.15) is 27.6 Å². The SMILES string of the molecule is O=C(NCc1ccccc1)[C@H](c1ccccc1)N(Cc1ccc(F)cc1)C(=O)Cc1cccs1. The minimum absolute atomic E-state index is 0.171. The molecule has 0 saturated heterocycles. The molecule has 0 aliphatic carbocycles. The van der Waals surface area contributed by atoms with E-state index in [0.29, 0.717) is 6.54 Å². The third-order valence-corrected chi connectivity index (χ3v) is 6.35. The van der Waals surface area contributed by atoms with Gasteiger partial charge in [-0.3, -0.25) is 9.59 Å². The van der Waals surface area contributed by atoms with Gasteiger partial charge in [0.2, 0.25) is 11.8 Å². The Morgan fingerprint density at radius 1 is 0.824 bits per heavy atom. The fourth-order valence-corrected chi connectivity index (χ4v) is 4.46. The summed E-state index contributed by atoms with van der Waals surface area (Å²) in [6.07, 6.45) is 0.189. The molecule has 0 saturated carbocycles. The number of amides is 2. The highest BCUT2D eigenvalue weighted by Crippen LogP contribution is 2.26. The van der Waals surface area contributed by atoms with Gasteiger partial charge in [0.15, 0.2) is 0 Å². The molecule has 34 heavy (non-hydrogen) atoms. The number of nitrogens with one attached hydrogen (secondary N) is 1. The van der Waals surface area contributed by atoms with Crippen LogP contribution in [0.5, 0.6) is 0 Å². The second-order valence-electron chi connectivity index (χ2n) is 7.92. The van der Waals surface area contributed by atoms with Crippen LogP contribution in [-0.2, 0) is 29.1 Å². The predicted molar refractivity (Wildman–Crippen MR) is 132 cm³/mol. The maximum Gasteiger partial charge on any atom is 0.247 e. The molecular weight excluding hydrogens is 447 g/mol. The Kier molecular flexibility index (Phi) is 7.83. The number of rotatable bonds is 9. The van der Waals surface area contributed by atoms with Crippen molar-refractivity contribution in [3.8, 4) is 0 Å². The molecule has 1 N–H and O–H groups in total. The van der Waals surface area contributed by atoms with Gasteiger partial charge < -0.3 is 10.2 Å². The molecule has 0 radical (unpaired) electrons. The van der Waals surface area contributed by atoms with E-state index in [1.807, 2.05) is 78.2 Å². The van der Waals surface area contributed by atoms with E-state index in [1.165, 1.54) is 23.5 Å². The molecule has 1 aromatic heterocycles. The van der Waals surface area contributed by atoms with Gasteiger partial charge in [-0.2, -0.15) is 0 Å². The van der Waals surface area contributed by atoms with E-state index in [2.05, 4.69) is 5.32 Å². The van der Waals surface area contributed by atoms with Gasteiger partial charge in [-0.05, 0) is 40.3 Å². The zero-order valence-corrected chi connectivity index (χ0v) is 19.4. The Morgan fingerprint density at radius 3 is 2.15 bits per heavy atom. The molecule has 0 aliphatic heterocycles. The molecule has 0 aliphatic rings. The highest BCUT2D eigenvalue weighted by Gasteiger charge is 2.31. The summed E-state index contributed by atoms with van der Waals surface area (Å²) < 4.78 is 13.5. The molecule has 2 amide bonds. The van der Waals surface area contributed by atoms with Crippen LogP contribution in [0.2, 0.25) is 0 Å². The largest absolute Gasteiger partial charge is 0.350 e. The van der Waals surface area contributed by atoms with E-state index < -0.39 is 6.04 Å². The van der Waals surface area contributed by atoms with Crippen molar-refractivity contribution in [3.05, 3.63) is 130 Å². The first-order valence-electron chi connectivity index (χ1n) is 11.0. The molecule has 4 aromatic rings. The molecular formula is C28H25FN2O2S. The van der Waals surface area contributed by atoms with Crippen molar-refractivity contribution in [2.45, 2.75) is 25.6 Å². The predicted octanol–water partition coefficient (Wildman–Crippen LogP) is 5.52. The monoisotopic (exact) mass is 472 g/mol. The molecule has 1 atom stereocenters. The molecule has 0 unspecified atom stereocenters. The number of nitrogens with zero attached hydrogens (tertiary/aromatic N) is 1. The van der Waals surface area contributed by atoms with E-state index in [4.69, 9.17) is 0 Å². The van der Waals surface area contributed by atoms with Crippen LogP contribution in [0.4, 0.5) is 4.39 Å². The molecule has 0 bridgehead atoms. The van der Waals surface area contributed by atoms with Gasteiger partial charge in [0, 0.05) is 18.0 Å². The zero-order chi connectivity index (χ0) is 23.8.